The molecule has 0 aromatic carbocycles. The van der Waals surface area contributed by atoms with Gasteiger partial charge in [0.2, 0.25) is 0 Å². The molecule has 52 heavy (non-hydrogen) atoms. The molecule has 2 aliphatic heterocycles. The topological polar surface area (TPSA) is 135 Å². The smallest absolute Gasteiger partial charge is 0.391 e. The number of hydrogen-bond acceptors (Lipinski definition) is 10. The summed E-state index contributed by atoms with van der Waals surface area (Å²) in [6, 6.07) is -0.444. The van der Waals surface area contributed by atoms with E-state index in [9.17, 15) is 23.4 Å². The Bertz CT molecular complexity index is 1180. The van der Waals surface area contributed by atoms with Gasteiger partial charge in [0.25, 0.3) is 0 Å². The molecule has 2 heterocycles. The molecular formula is C36H60Cl2F3N7O3Zn. The number of aliphatic hydroxyl groups excluding tert-OH is 2. The summed E-state index contributed by atoms with van der Waals surface area (Å²) in [6.45, 7) is 2.44. The third-order valence-corrected chi connectivity index (χ3v) is 14.1. The van der Waals surface area contributed by atoms with Crippen LogP contribution >= 0.6 is 23.2 Å². The fourth-order valence-corrected chi connectivity index (χ4v) is 11.6. The summed E-state index contributed by atoms with van der Waals surface area (Å²) >= 11 is 12.6. The number of halogens is 5. The second-order valence-electron chi connectivity index (χ2n) is 16.4. The second kappa shape index (κ2) is 19.4. The van der Waals surface area contributed by atoms with Crippen LogP contribution in [-0.4, -0.2) is 89.8 Å². The molecule has 5 aliphatic carbocycles. The van der Waals surface area contributed by atoms with Crippen molar-refractivity contribution < 1.29 is 47.6 Å². The number of rotatable bonds is 5. The van der Waals surface area contributed by atoms with Crippen LogP contribution in [0.1, 0.15) is 103 Å². The maximum absolute atomic E-state index is 13.6. The van der Waals surface area contributed by atoms with Crippen LogP contribution in [0.2, 0.25) is 0 Å². The minimum atomic E-state index is -4.48. The fraction of sp³-hybridized carbons (Fsp3) is 1.00. The van der Waals surface area contributed by atoms with Crippen LogP contribution in [0, 0.1) is 41.4 Å². The molecule has 17 atom stereocenters. The average Bonchev–Trinajstić information content (AvgIpc) is 3.11. The number of aliphatic hydroxyl groups is 2. The minimum Gasteiger partial charge on any atom is -0.391 e. The fourth-order valence-electron chi connectivity index (χ4n) is 10.8. The zero-order chi connectivity index (χ0) is 36.3. The zero-order valence-electron chi connectivity index (χ0n) is 30.8. The van der Waals surface area contributed by atoms with Gasteiger partial charge < -0.3 is 14.9 Å². The summed E-state index contributed by atoms with van der Waals surface area (Å²) in [5.41, 5.74) is 0. The molecule has 17 unspecified atom stereocenters. The van der Waals surface area contributed by atoms with Crippen LogP contribution in [0.15, 0.2) is 20.5 Å². The predicted molar refractivity (Wildman–Crippen MR) is 190 cm³/mol. The van der Waals surface area contributed by atoms with E-state index in [4.69, 9.17) is 33.1 Å². The van der Waals surface area contributed by atoms with Gasteiger partial charge in [-0.15, -0.1) is 23.2 Å². The Morgan fingerprint density at radius 1 is 0.692 bits per heavy atom. The standard InChI is InChI=1S/C19H31Cl2N3O.C17H29F3N4O2.Zn/c20-11-9-16(21)19(22-10-11)24-23-17-14-7-3-1-5-12(14)13-6-2-4-8-15(13)18(17)25;1-9-21-15(13(17(18,19)20)16(22-9)26-2)24-23-14-11-6-4-3-5-10(11)7-8-12(14)25;/h11-19,22,25H,1-10H2;9-16,21-22,25H,3-8H2,1-2H3;. The molecule has 0 amide bonds. The van der Waals surface area contributed by atoms with Crippen molar-refractivity contribution in [1.82, 2.24) is 16.0 Å². The molecule has 5 saturated carbocycles. The Balaban J connectivity index is 0.000000197. The van der Waals surface area contributed by atoms with Crippen molar-refractivity contribution in [1.29, 1.82) is 0 Å². The number of ether oxygens (including phenoxy) is 1. The second-order valence-corrected chi connectivity index (χ2v) is 17.6. The van der Waals surface area contributed by atoms with Gasteiger partial charge in [-0.1, -0.05) is 44.9 Å². The van der Waals surface area contributed by atoms with E-state index in [-0.39, 0.29) is 60.6 Å². The maximum Gasteiger partial charge on any atom is 0.399 e. The van der Waals surface area contributed by atoms with Crippen LogP contribution in [0.4, 0.5) is 13.2 Å². The molecule has 10 nitrogen and oxygen atoms in total. The largest absolute Gasteiger partial charge is 0.399 e. The van der Waals surface area contributed by atoms with Gasteiger partial charge in [0.15, 0.2) is 0 Å². The summed E-state index contributed by atoms with van der Waals surface area (Å²) in [7, 11) is 1.25. The van der Waals surface area contributed by atoms with E-state index >= 15 is 0 Å². The van der Waals surface area contributed by atoms with Crippen LogP contribution in [0.5, 0.6) is 0 Å². The molecule has 0 spiro atoms. The van der Waals surface area contributed by atoms with E-state index < -0.39 is 36.6 Å². The molecule has 0 bridgehead atoms. The van der Waals surface area contributed by atoms with Crippen LogP contribution in [0.25, 0.3) is 0 Å². The van der Waals surface area contributed by atoms with Gasteiger partial charge in [-0.05, 0) is 93.8 Å². The first-order valence-electron chi connectivity index (χ1n) is 19.8. The van der Waals surface area contributed by atoms with Crippen molar-refractivity contribution in [2.45, 2.75) is 169 Å². The van der Waals surface area contributed by atoms with Crippen molar-refractivity contribution in [2.75, 3.05) is 13.7 Å². The number of nitrogens with zero attached hydrogens (tertiary/aromatic N) is 4. The molecular weight excluding hydrogens is 772 g/mol. The molecule has 16 heteroatoms. The SMILES string of the molecule is COC1NC(C)NC(N=NC2C(O)CCC3CCCCC32)C1C(F)(F)F.OC1C2CCCCC2C2CCCCC2C1N=NC1NCC(Cl)CC1Cl.[Zn]. The van der Waals surface area contributed by atoms with Gasteiger partial charge in [-0.3, -0.25) is 16.0 Å². The first kappa shape index (κ1) is 43.1. The van der Waals surface area contributed by atoms with Gasteiger partial charge in [-0.2, -0.15) is 33.6 Å². The number of piperidine rings is 1. The van der Waals surface area contributed by atoms with Gasteiger partial charge in [0, 0.05) is 38.5 Å². The summed E-state index contributed by atoms with van der Waals surface area (Å²) in [4.78, 5) is 0. The van der Waals surface area contributed by atoms with Crippen molar-refractivity contribution in [3.05, 3.63) is 0 Å². The Labute approximate surface area is 330 Å². The summed E-state index contributed by atoms with van der Waals surface area (Å²) in [5.74, 6) is 1.27. The van der Waals surface area contributed by atoms with Crippen molar-refractivity contribution in [3.63, 3.8) is 0 Å². The first-order chi connectivity index (χ1) is 24.5. The van der Waals surface area contributed by atoms with Crippen molar-refractivity contribution >= 4 is 23.2 Å². The molecule has 5 N–H and O–H groups in total. The third kappa shape index (κ3) is 10.1. The normalized spacial score (nSPS) is 47.0. The molecule has 0 radical (unpaired) electrons. The van der Waals surface area contributed by atoms with Crippen LogP contribution in [-0.2, 0) is 24.2 Å². The van der Waals surface area contributed by atoms with E-state index in [1.54, 1.807) is 6.92 Å². The number of methoxy groups -OCH3 is 1. The number of azo groups is 2. The number of alkyl halides is 5. The van der Waals surface area contributed by atoms with Crippen LogP contribution in [0.3, 0.4) is 0 Å². The Morgan fingerprint density at radius 2 is 1.27 bits per heavy atom. The van der Waals surface area contributed by atoms with Gasteiger partial charge in [-0.25, -0.2) is 0 Å². The van der Waals surface area contributed by atoms with Crippen molar-refractivity contribution in [2.24, 2.45) is 61.9 Å². The molecule has 0 aromatic rings. The van der Waals surface area contributed by atoms with Gasteiger partial charge in [0.05, 0.1) is 29.8 Å². The molecule has 2 saturated heterocycles. The Hall–Kier alpha value is -0.0466. The minimum absolute atomic E-state index is 0. The summed E-state index contributed by atoms with van der Waals surface area (Å²) in [5, 5.41) is 47.9. The molecule has 7 rings (SSSR count). The van der Waals surface area contributed by atoms with Gasteiger partial charge in [0.1, 0.15) is 30.5 Å². The third-order valence-electron chi connectivity index (χ3n) is 13.3. The quantitative estimate of drug-likeness (QED) is 0.114. The predicted octanol–water partition coefficient (Wildman–Crippen LogP) is 7.11. The average molecular weight is 832 g/mol. The number of fused-ring (bicyclic) bond motifs is 4. The Morgan fingerprint density at radius 3 is 1.92 bits per heavy atom. The molecule has 7 fully saturated rings. The van der Waals surface area contributed by atoms with Crippen LogP contribution < -0.4 is 16.0 Å². The van der Waals surface area contributed by atoms with E-state index in [0.29, 0.717) is 30.1 Å². The number of nitrogens with one attached hydrogen (secondary N) is 3. The first-order valence-corrected chi connectivity index (χ1v) is 20.6. The van der Waals surface area contributed by atoms with E-state index in [0.717, 1.165) is 51.0 Å². The summed E-state index contributed by atoms with van der Waals surface area (Å²) in [6.07, 6.45) is 8.48. The van der Waals surface area contributed by atoms with E-state index in [1.807, 2.05) is 0 Å². The van der Waals surface area contributed by atoms with Crippen molar-refractivity contribution in [3.8, 4) is 0 Å². The molecule has 7 aliphatic rings. The molecule has 294 valence electrons. The van der Waals surface area contributed by atoms with E-state index in [2.05, 4.69) is 31.3 Å². The monoisotopic (exact) mass is 829 g/mol. The molecule has 0 aromatic heterocycles. The zero-order valence-corrected chi connectivity index (χ0v) is 35.3. The number of hydrogen-bond donors (Lipinski definition) is 5. The van der Waals surface area contributed by atoms with E-state index in [1.165, 1.54) is 58.5 Å². The Kier molecular flexibility index (Phi) is 16.1. The maximum atomic E-state index is 13.6. The summed E-state index contributed by atoms with van der Waals surface area (Å²) < 4.78 is 45.7. The van der Waals surface area contributed by atoms with Gasteiger partial charge >= 0.3 is 6.18 Å².